The van der Waals surface area contributed by atoms with Gasteiger partial charge in [-0.15, -0.1) is 0 Å². The fraction of sp³-hybridized carbons (Fsp3) is 0.556. The minimum absolute atomic E-state index is 0.106. The summed E-state index contributed by atoms with van der Waals surface area (Å²) in [6.45, 7) is 0.147. The highest BCUT2D eigenvalue weighted by Crippen LogP contribution is 2.29. The van der Waals surface area contributed by atoms with Gasteiger partial charge in [-0.25, -0.2) is 13.1 Å². The quantitative estimate of drug-likeness (QED) is 0.279. The van der Waals surface area contributed by atoms with Crippen LogP contribution in [-0.2, 0) is 19.6 Å². The highest BCUT2D eigenvalue weighted by atomic mass is 35.5. The molecule has 0 radical (unpaired) electrons. The van der Waals surface area contributed by atoms with Gasteiger partial charge in [-0.2, -0.15) is 0 Å². The third kappa shape index (κ3) is 7.49. The van der Waals surface area contributed by atoms with E-state index in [-0.39, 0.29) is 42.1 Å². The van der Waals surface area contributed by atoms with Gasteiger partial charge in [-0.1, -0.05) is 16.7 Å². The van der Waals surface area contributed by atoms with E-state index in [2.05, 4.69) is 20.1 Å². The lowest BCUT2D eigenvalue weighted by Gasteiger charge is -2.29. The highest BCUT2D eigenvalue weighted by Gasteiger charge is 2.28. The Kier molecular flexibility index (Phi) is 8.91. The van der Waals surface area contributed by atoms with Crippen LogP contribution in [0.2, 0.25) is 5.02 Å². The van der Waals surface area contributed by atoms with Crippen LogP contribution in [0.5, 0.6) is 0 Å². The summed E-state index contributed by atoms with van der Waals surface area (Å²) in [5.41, 5.74) is 8.40. The van der Waals surface area contributed by atoms with E-state index in [0.717, 1.165) is 0 Å². The number of carbonyl (C=O) groups is 2. The van der Waals surface area contributed by atoms with E-state index in [0.29, 0.717) is 30.7 Å². The first-order valence-corrected chi connectivity index (χ1v) is 11.4. The summed E-state index contributed by atoms with van der Waals surface area (Å²) in [4.78, 5) is 26.1. The molecule has 0 saturated heterocycles. The van der Waals surface area contributed by atoms with Crippen LogP contribution < -0.4 is 10.0 Å². The van der Waals surface area contributed by atoms with Crippen molar-refractivity contribution in [2.24, 2.45) is 17.0 Å². The van der Waals surface area contributed by atoms with E-state index < -0.39 is 22.0 Å². The smallest absolute Gasteiger partial charge is 0.305 e. The Morgan fingerprint density at radius 3 is 2.43 bits per heavy atom. The van der Waals surface area contributed by atoms with Crippen LogP contribution in [0.15, 0.2) is 34.3 Å². The second kappa shape index (κ2) is 11.2. The zero-order chi connectivity index (χ0) is 22.1. The van der Waals surface area contributed by atoms with Crippen molar-refractivity contribution in [3.8, 4) is 0 Å². The van der Waals surface area contributed by atoms with E-state index >= 15 is 0 Å². The second-order valence-corrected chi connectivity index (χ2v) is 9.44. The van der Waals surface area contributed by atoms with Crippen molar-refractivity contribution < 1.29 is 23.1 Å². The molecule has 0 unspecified atom stereocenters. The summed E-state index contributed by atoms with van der Waals surface area (Å²) in [6, 6.07) is 5.15. The number of amides is 1. The molecule has 1 saturated carbocycles. The van der Waals surface area contributed by atoms with Crippen molar-refractivity contribution in [3.05, 3.63) is 39.7 Å². The average Bonchev–Trinajstić information content (AvgIpc) is 2.71. The summed E-state index contributed by atoms with van der Waals surface area (Å²) in [5, 5.41) is 15.4. The lowest BCUT2D eigenvalue weighted by atomic mass is 9.81. The number of rotatable bonds is 10. The van der Waals surface area contributed by atoms with Gasteiger partial charge >= 0.3 is 5.97 Å². The van der Waals surface area contributed by atoms with Crippen molar-refractivity contribution in [3.63, 3.8) is 0 Å². The van der Waals surface area contributed by atoms with Crippen LogP contribution in [0.3, 0.4) is 0 Å². The molecule has 1 fully saturated rings. The Balaban J connectivity index is 1.82. The molecule has 0 spiro atoms. The molecule has 0 aliphatic heterocycles. The normalized spacial score (nSPS) is 20.0. The highest BCUT2D eigenvalue weighted by molar-refractivity contribution is 7.89. The number of azide groups is 1. The summed E-state index contributed by atoms with van der Waals surface area (Å²) in [6.07, 6.45) is 2.15. The van der Waals surface area contributed by atoms with Crippen LogP contribution in [0.1, 0.15) is 32.1 Å². The number of carboxylic acids is 1. The first-order valence-electron chi connectivity index (χ1n) is 9.49. The largest absolute Gasteiger partial charge is 0.481 e. The van der Waals surface area contributed by atoms with Crippen LogP contribution in [0, 0.1) is 11.8 Å². The Morgan fingerprint density at radius 1 is 1.23 bits per heavy atom. The number of hydrogen-bond acceptors (Lipinski definition) is 5. The molecule has 0 aromatic heterocycles. The standard InChI is InChI=1S/C18H24ClN5O5S/c19-14-5-7-16(8-6-14)30(28,29)22-10-12-1-3-13(4-2-12)18(27)23-15(9-17(25)26)11-21-24-20/h5-8,12-13,15,22H,1-4,9-11H2,(H,23,27)(H,25,26)/t12?,13?,15-/m0/s1. The number of carboxylic acid groups (broad SMARTS) is 1. The van der Waals surface area contributed by atoms with Crippen molar-refractivity contribution in [1.29, 1.82) is 0 Å². The van der Waals surface area contributed by atoms with E-state index in [1.54, 1.807) is 0 Å². The van der Waals surface area contributed by atoms with Gasteiger partial charge in [0.2, 0.25) is 15.9 Å². The molecule has 30 heavy (non-hydrogen) atoms. The third-order valence-electron chi connectivity index (χ3n) is 5.04. The van der Waals surface area contributed by atoms with Crippen molar-refractivity contribution in [2.75, 3.05) is 13.1 Å². The van der Waals surface area contributed by atoms with Gasteiger partial charge in [-0.05, 0) is 61.4 Å². The number of halogens is 1. The molecule has 1 aromatic rings. The number of carbonyl (C=O) groups excluding carboxylic acids is 1. The summed E-state index contributed by atoms with van der Waals surface area (Å²) in [5.74, 6) is -1.54. The van der Waals surface area contributed by atoms with Gasteiger partial charge in [0.05, 0.1) is 11.3 Å². The van der Waals surface area contributed by atoms with Crippen LogP contribution in [0.25, 0.3) is 10.4 Å². The maximum atomic E-state index is 12.4. The van der Waals surface area contributed by atoms with Crippen LogP contribution >= 0.6 is 11.6 Å². The zero-order valence-corrected chi connectivity index (χ0v) is 17.8. The average molecular weight is 458 g/mol. The monoisotopic (exact) mass is 457 g/mol. The second-order valence-electron chi connectivity index (χ2n) is 7.24. The number of sulfonamides is 1. The van der Waals surface area contributed by atoms with Crippen LogP contribution in [-0.4, -0.2) is 44.5 Å². The summed E-state index contributed by atoms with van der Waals surface area (Å²) < 4.78 is 27.3. The Bertz CT molecular complexity index is 890. The molecule has 1 aromatic carbocycles. The maximum absolute atomic E-state index is 12.4. The minimum atomic E-state index is -3.63. The molecule has 1 amide bonds. The zero-order valence-electron chi connectivity index (χ0n) is 16.2. The number of nitrogens with one attached hydrogen (secondary N) is 2. The number of hydrogen-bond donors (Lipinski definition) is 3. The molecular weight excluding hydrogens is 434 g/mol. The summed E-state index contributed by atoms with van der Waals surface area (Å²) in [7, 11) is -3.63. The van der Waals surface area contributed by atoms with Crippen molar-refractivity contribution in [2.45, 2.75) is 43.0 Å². The molecule has 12 heteroatoms. The van der Waals surface area contributed by atoms with Gasteiger partial charge < -0.3 is 10.4 Å². The van der Waals surface area contributed by atoms with E-state index in [4.69, 9.17) is 22.2 Å². The number of nitrogens with zero attached hydrogens (tertiary/aromatic N) is 3. The van der Waals surface area contributed by atoms with Gasteiger partial charge in [-0.3, -0.25) is 9.59 Å². The maximum Gasteiger partial charge on any atom is 0.305 e. The molecule has 1 atom stereocenters. The predicted octanol–water partition coefficient (Wildman–Crippen LogP) is 2.69. The fourth-order valence-corrected chi connectivity index (χ4v) is 4.62. The van der Waals surface area contributed by atoms with Gasteiger partial charge in [0.15, 0.2) is 0 Å². The molecule has 1 aliphatic rings. The fourth-order valence-electron chi connectivity index (χ4n) is 3.38. The SMILES string of the molecule is [N-]=[N+]=NC[C@H](CC(=O)O)NC(=O)C1CCC(CNS(=O)(=O)c2ccc(Cl)cc2)CC1. The topological polar surface area (TPSA) is 161 Å². The van der Waals surface area contributed by atoms with E-state index in [9.17, 15) is 18.0 Å². The number of aliphatic carboxylic acids is 1. The molecule has 1 aliphatic carbocycles. The van der Waals surface area contributed by atoms with Gasteiger partial charge in [0.1, 0.15) is 0 Å². The predicted molar refractivity (Wildman–Crippen MR) is 110 cm³/mol. The molecule has 3 N–H and O–H groups in total. The molecular formula is C18H24ClN5O5S. The summed E-state index contributed by atoms with van der Waals surface area (Å²) >= 11 is 5.78. The molecule has 164 valence electrons. The van der Waals surface area contributed by atoms with Crippen LogP contribution in [0.4, 0.5) is 0 Å². The Hall–Kier alpha value is -2.33. The van der Waals surface area contributed by atoms with E-state index in [1.165, 1.54) is 24.3 Å². The first-order chi connectivity index (χ1) is 14.2. The van der Waals surface area contributed by atoms with Crippen molar-refractivity contribution in [1.82, 2.24) is 10.0 Å². The minimum Gasteiger partial charge on any atom is -0.481 e. The van der Waals surface area contributed by atoms with Crippen molar-refractivity contribution >= 4 is 33.5 Å². The lowest BCUT2D eigenvalue weighted by molar-refractivity contribution is -0.137. The Labute approximate surface area is 179 Å². The molecule has 10 nitrogen and oxygen atoms in total. The molecule has 2 rings (SSSR count). The van der Waals surface area contributed by atoms with Gasteiger partial charge in [0.25, 0.3) is 0 Å². The molecule has 0 heterocycles. The Morgan fingerprint density at radius 2 is 1.87 bits per heavy atom. The molecule has 0 bridgehead atoms. The lowest BCUT2D eigenvalue weighted by Crippen LogP contribution is -2.43. The third-order valence-corrected chi connectivity index (χ3v) is 6.73. The van der Waals surface area contributed by atoms with Gasteiger partial charge in [0, 0.05) is 35.0 Å². The van der Waals surface area contributed by atoms with E-state index in [1.807, 2.05) is 0 Å². The first kappa shape index (κ1) is 23.9. The number of benzene rings is 1.